The number of H-pyrrole nitrogens is 1. The minimum Gasteiger partial charge on any atom is -0.385 e. The number of hydrogen-bond acceptors (Lipinski definition) is 2. The number of benzene rings is 2. The number of nitrogens with one attached hydrogen (secondary N) is 2. The minimum absolute atomic E-state index is 0.0853. The lowest BCUT2D eigenvalue weighted by atomic mass is 9.78. The van der Waals surface area contributed by atoms with E-state index in [0.717, 1.165) is 18.2 Å². The predicted octanol–water partition coefficient (Wildman–Crippen LogP) is 5.23. The van der Waals surface area contributed by atoms with E-state index in [-0.39, 0.29) is 40.6 Å². The van der Waals surface area contributed by atoms with Gasteiger partial charge in [-0.15, -0.1) is 0 Å². The van der Waals surface area contributed by atoms with Crippen molar-refractivity contribution in [2.75, 3.05) is 5.32 Å². The summed E-state index contributed by atoms with van der Waals surface area (Å²) >= 11 is 0. The van der Waals surface area contributed by atoms with Crippen molar-refractivity contribution >= 4 is 22.5 Å². The minimum atomic E-state index is -2.88. The van der Waals surface area contributed by atoms with E-state index in [1.54, 1.807) is 0 Å². The van der Waals surface area contributed by atoms with Gasteiger partial charge < -0.3 is 15.4 Å². The summed E-state index contributed by atoms with van der Waals surface area (Å²) in [5, 5.41) is 13.3. The molecule has 1 aliphatic carbocycles. The number of alkyl halides is 2. The summed E-state index contributed by atoms with van der Waals surface area (Å²) < 4.78 is 68.2. The number of halogens is 5. The summed E-state index contributed by atoms with van der Waals surface area (Å²) in [4.78, 5) is 15.2. The normalized spacial score (nSPS) is 17.8. The molecule has 0 bridgehead atoms. The molecule has 0 radical (unpaired) electrons. The second-order valence-corrected chi connectivity index (χ2v) is 7.55. The average Bonchev–Trinajstić information content (AvgIpc) is 3.06. The van der Waals surface area contributed by atoms with Crippen LogP contribution in [0.4, 0.5) is 27.6 Å². The summed E-state index contributed by atoms with van der Waals surface area (Å²) in [5.74, 6) is -6.61. The highest BCUT2D eigenvalue weighted by Crippen LogP contribution is 2.44. The SMILES string of the molecule is O=C(Nc1c[nH]c2cc(F)c(F)cc12)c1ccc(C2(O)CCC(F)(F)CC2)c(F)c1. The molecular weight excluding hydrogens is 407 g/mol. The number of hydrogen-bond donors (Lipinski definition) is 3. The highest BCUT2D eigenvalue weighted by molar-refractivity contribution is 6.09. The summed E-state index contributed by atoms with van der Waals surface area (Å²) in [6.45, 7) is 0. The number of aromatic amines is 1. The molecule has 1 heterocycles. The van der Waals surface area contributed by atoms with Crippen molar-refractivity contribution < 1.29 is 31.9 Å². The van der Waals surface area contributed by atoms with E-state index < -0.39 is 47.7 Å². The number of amides is 1. The van der Waals surface area contributed by atoms with E-state index in [1.165, 1.54) is 18.3 Å². The molecule has 30 heavy (non-hydrogen) atoms. The van der Waals surface area contributed by atoms with Gasteiger partial charge in [-0.2, -0.15) is 0 Å². The van der Waals surface area contributed by atoms with Gasteiger partial charge in [-0.1, -0.05) is 6.07 Å². The van der Waals surface area contributed by atoms with Crippen molar-refractivity contribution in [3.63, 3.8) is 0 Å². The van der Waals surface area contributed by atoms with Crippen LogP contribution >= 0.6 is 0 Å². The van der Waals surface area contributed by atoms with Crippen LogP contribution in [0.25, 0.3) is 10.9 Å². The third-order valence-corrected chi connectivity index (χ3v) is 5.51. The van der Waals surface area contributed by atoms with Crippen LogP contribution in [0.15, 0.2) is 36.5 Å². The van der Waals surface area contributed by atoms with Crippen LogP contribution in [0, 0.1) is 17.5 Å². The van der Waals surface area contributed by atoms with Gasteiger partial charge in [0, 0.05) is 41.6 Å². The molecule has 0 aliphatic heterocycles. The van der Waals surface area contributed by atoms with Gasteiger partial charge in [0.25, 0.3) is 5.91 Å². The second kappa shape index (κ2) is 7.09. The number of aromatic nitrogens is 1. The maximum absolute atomic E-state index is 14.6. The smallest absolute Gasteiger partial charge is 0.255 e. The van der Waals surface area contributed by atoms with Gasteiger partial charge in [-0.25, -0.2) is 22.0 Å². The fourth-order valence-corrected chi connectivity index (χ4v) is 3.75. The maximum atomic E-state index is 14.6. The van der Waals surface area contributed by atoms with Crippen LogP contribution in [0.1, 0.15) is 41.6 Å². The highest BCUT2D eigenvalue weighted by atomic mass is 19.3. The van der Waals surface area contributed by atoms with Crippen LogP contribution in [0.3, 0.4) is 0 Å². The summed E-state index contributed by atoms with van der Waals surface area (Å²) in [5.41, 5.74) is -1.51. The Morgan fingerprint density at radius 1 is 0.967 bits per heavy atom. The van der Waals surface area contributed by atoms with Crippen molar-refractivity contribution in [3.8, 4) is 0 Å². The fourth-order valence-electron chi connectivity index (χ4n) is 3.75. The molecular formula is C21H17F5N2O2. The maximum Gasteiger partial charge on any atom is 0.255 e. The van der Waals surface area contributed by atoms with Crippen LogP contribution in [0.2, 0.25) is 0 Å². The Bertz CT molecular complexity index is 1130. The number of anilines is 1. The Morgan fingerprint density at radius 3 is 2.30 bits per heavy atom. The Balaban J connectivity index is 1.56. The lowest BCUT2D eigenvalue weighted by molar-refractivity contribution is -0.108. The first kappa shape index (κ1) is 20.3. The summed E-state index contributed by atoms with van der Waals surface area (Å²) in [6, 6.07) is 5.26. The monoisotopic (exact) mass is 424 g/mol. The van der Waals surface area contributed by atoms with Crippen molar-refractivity contribution in [1.82, 2.24) is 4.98 Å². The van der Waals surface area contributed by atoms with Crippen molar-refractivity contribution in [3.05, 3.63) is 65.1 Å². The third-order valence-electron chi connectivity index (χ3n) is 5.51. The molecule has 0 saturated heterocycles. The molecule has 4 nitrogen and oxygen atoms in total. The van der Waals surface area contributed by atoms with Gasteiger partial charge in [-0.3, -0.25) is 4.79 Å². The Kier molecular flexibility index (Phi) is 4.80. The molecule has 2 aromatic carbocycles. The molecule has 1 aliphatic rings. The quantitative estimate of drug-likeness (QED) is 0.504. The summed E-state index contributed by atoms with van der Waals surface area (Å²) in [6.07, 6.45) is -0.345. The molecule has 0 spiro atoms. The van der Waals surface area contributed by atoms with Crippen LogP contribution < -0.4 is 5.32 Å². The van der Waals surface area contributed by atoms with Crippen molar-refractivity contribution in [1.29, 1.82) is 0 Å². The van der Waals surface area contributed by atoms with Crippen molar-refractivity contribution in [2.45, 2.75) is 37.2 Å². The first-order valence-electron chi connectivity index (χ1n) is 9.26. The number of carbonyl (C=O) groups excluding carboxylic acids is 1. The molecule has 9 heteroatoms. The van der Waals surface area contributed by atoms with Gasteiger partial charge in [0.2, 0.25) is 5.92 Å². The molecule has 4 rings (SSSR count). The first-order valence-corrected chi connectivity index (χ1v) is 9.26. The Labute approximate surface area is 167 Å². The number of aliphatic hydroxyl groups is 1. The molecule has 158 valence electrons. The van der Waals surface area contributed by atoms with E-state index in [0.29, 0.717) is 0 Å². The van der Waals surface area contributed by atoms with Crippen molar-refractivity contribution in [2.24, 2.45) is 0 Å². The van der Waals surface area contributed by atoms with Gasteiger partial charge >= 0.3 is 0 Å². The zero-order valence-corrected chi connectivity index (χ0v) is 15.5. The third kappa shape index (κ3) is 3.65. The Morgan fingerprint density at radius 2 is 1.63 bits per heavy atom. The molecule has 3 N–H and O–H groups in total. The summed E-state index contributed by atoms with van der Waals surface area (Å²) in [7, 11) is 0. The van der Waals surface area contributed by atoms with Gasteiger partial charge in [0.15, 0.2) is 11.6 Å². The lowest BCUT2D eigenvalue weighted by Crippen LogP contribution is -2.37. The van der Waals surface area contributed by atoms with Gasteiger partial charge in [0.1, 0.15) is 5.82 Å². The molecule has 1 fully saturated rings. The molecule has 0 atom stereocenters. The highest BCUT2D eigenvalue weighted by Gasteiger charge is 2.44. The standard InChI is InChI=1S/C21H17F5N2O2/c22-14-7-11(1-2-13(14)20(30)3-5-21(25,26)6-4-20)19(29)28-18-10-27-17-9-16(24)15(23)8-12(17)18/h1-2,7-10,27,30H,3-6H2,(H,28,29). The van der Waals surface area contributed by atoms with Crippen LogP contribution in [0.5, 0.6) is 0 Å². The number of carbonyl (C=O) groups is 1. The zero-order valence-electron chi connectivity index (χ0n) is 15.5. The van der Waals surface area contributed by atoms with E-state index >= 15 is 0 Å². The van der Waals surface area contributed by atoms with Crippen LogP contribution in [-0.4, -0.2) is 21.9 Å². The zero-order chi connectivity index (χ0) is 21.7. The number of rotatable bonds is 3. The molecule has 0 unspecified atom stereocenters. The fraction of sp³-hybridized carbons (Fsp3) is 0.286. The number of fused-ring (bicyclic) bond motifs is 1. The van der Waals surface area contributed by atoms with Crippen LogP contribution in [-0.2, 0) is 5.60 Å². The second-order valence-electron chi connectivity index (χ2n) is 7.55. The molecule has 1 saturated carbocycles. The average molecular weight is 424 g/mol. The van der Waals surface area contributed by atoms with Gasteiger partial charge in [0.05, 0.1) is 16.8 Å². The first-order chi connectivity index (χ1) is 14.1. The molecule has 1 amide bonds. The lowest BCUT2D eigenvalue weighted by Gasteiger charge is -2.36. The topological polar surface area (TPSA) is 65.1 Å². The van der Waals surface area contributed by atoms with E-state index in [4.69, 9.17) is 0 Å². The van der Waals surface area contributed by atoms with E-state index in [9.17, 15) is 31.9 Å². The molecule has 3 aromatic rings. The molecule has 1 aromatic heterocycles. The largest absolute Gasteiger partial charge is 0.385 e. The van der Waals surface area contributed by atoms with E-state index in [2.05, 4.69) is 10.3 Å². The predicted molar refractivity (Wildman–Crippen MR) is 99.9 cm³/mol. The van der Waals surface area contributed by atoms with Gasteiger partial charge in [-0.05, 0) is 31.0 Å². The Hall–Kier alpha value is -2.94. The van der Waals surface area contributed by atoms with E-state index in [1.807, 2.05) is 0 Å².